The molecule has 5 nitrogen and oxygen atoms in total. The van der Waals surface area contributed by atoms with Crippen LogP contribution < -0.4 is 10.6 Å². The fourth-order valence-corrected chi connectivity index (χ4v) is 2.66. The van der Waals surface area contributed by atoms with Crippen molar-refractivity contribution in [3.8, 4) is 0 Å². The Morgan fingerprint density at radius 1 is 1.04 bits per heavy atom. The summed E-state index contributed by atoms with van der Waals surface area (Å²) in [6.07, 6.45) is 7.20. The minimum atomic E-state index is -0.497. The molecule has 0 spiro atoms. The molecule has 0 unspecified atom stereocenters. The fourth-order valence-electron chi connectivity index (χ4n) is 2.66. The third-order valence-corrected chi connectivity index (χ3v) is 4.37. The summed E-state index contributed by atoms with van der Waals surface area (Å²) in [7, 11) is 0. The van der Waals surface area contributed by atoms with E-state index in [2.05, 4.69) is 15.6 Å². The third kappa shape index (κ3) is 4.36. The van der Waals surface area contributed by atoms with Crippen molar-refractivity contribution in [1.82, 2.24) is 4.98 Å². The summed E-state index contributed by atoms with van der Waals surface area (Å²) in [6.45, 7) is 5.65. The molecule has 0 atom stereocenters. The van der Waals surface area contributed by atoms with Crippen LogP contribution in [0.15, 0.2) is 12.1 Å². The summed E-state index contributed by atoms with van der Waals surface area (Å²) in [5.74, 6) is 1.23. The molecule has 126 valence electrons. The first-order chi connectivity index (χ1) is 10.9. The second kappa shape index (κ2) is 6.38. The SMILES string of the molecule is CC(C)(C)OC(=O)c1cc(NC2CCC2)nc(NC2CCC2)c1. The van der Waals surface area contributed by atoms with Gasteiger partial charge >= 0.3 is 5.97 Å². The van der Waals surface area contributed by atoms with Crippen LogP contribution in [-0.4, -0.2) is 28.6 Å². The van der Waals surface area contributed by atoms with Crippen LogP contribution in [0.5, 0.6) is 0 Å². The normalized spacial score (nSPS) is 18.7. The number of rotatable bonds is 5. The molecule has 0 amide bonds. The zero-order valence-electron chi connectivity index (χ0n) is 14.3. The molecular formula is C18H27N3O2. The molecule has 1 heterocycles. The lowest BCUT2D eigenvalue weighted by Crippen LogP contribution is -2.30. The van der Waals surface area contributed by atoms with Gasteiger partial charge in [0.1, 0.15) is 17.2 Å². The molecule has 0 bridgehead atoms. The van der Waals surface area contributed by atoms with Crippen LogP contribution in [0, 0.1) is 0 Å². The van der Waals surface area contributed by atoms with Crippen LogP contribution in [0.2, 0.25) is 0 Å². The van der Waals surface area contributed by atoms with Gasteiger partial charge in [-0.05, 0) is 71.4 Å². The Morgan fingerprint density at radius 3 is 1.87 bits per heavy atom. The number of hydrogen-bond donors (Lipinski definition) is 2. The van der Waals surface area contributed by atoms with Crippen LogP contribution in [0.25, 0.3) is 0 Å². The Hall–Kier alpha value is -1.78. The second-order valence-corrected chi connectivity index (χ2v) is 7.67. The number of anilines is 2. The number of nitrogens with zero attached hydrogens (tertiary/aromatic N) is 1. The van der Waals surface area contributed by atoms with Gasteiger partial charge in [-0.1, -0.05) is 0 Å². The van der Waals surface area contributed by atoms with Crippen LogP contribution >= 0.6 is 0 Å². The number of aromatic nitrogens is 1. The average molecular weight is 317 g/mol. The van der Waals surface area contributed by atoms with Crippen molar-refractivity contribution in [1.29, 1.82) is 0 Å². The number of esters is 1. The van der Waals surface area contributed by atoms with Crippen LogP contribution in [0.3, 0.4) is 0 Å². The van der Waals surface area contributed by atoms with E-state index in [1.54, 1.807) is 12.1 Å². The maximum atomic E-state index is 12.4. The number of pyridine rings is 1. The van der Waals surface area contributed by atoms with Crippen LogP contribution in [-0.2, 0) is 4.74 Å². The van der Waals surface area contributed by atoms with Gasteiger partial charge in [-0.3, -0.25) is 0 Å². The fraction of sp³-hybridized carbons (Fsp3) is 0.667. The molecule has 1 aromatic rings. The van der Waals surface area contributed by atoms with Gasteiger partial charge in [-0.15, -0.1) is 0 Å². The van der Waals surface area contributed by atoms with E-state index >= 15 is 0 Å². The maximum absolute atomic E-state index is 12.4. The zero-order chi connectivity index (χ0) is 16.4. The van der Waals surface area contributed by atoms with Gasteiger partial charge < -0.3 is 15.4 Å². The summed E-state index contributed by atoms with van der Waals surface area (Å²) in [5.41, 5.74) is 0.0577. The van der Waals surface area contributed by atoms with Crippen molar-refractivity contribution in [2.45, 2.75) is 77.0 Å². The van der Waals surface area contributed by atoms with Crippen LogP contribution in [0.1, 0.15) is 69.7 Å². The van der Waals surface area contributed by atoms with Gasteiger partial charge in [0.25, 0.3) is 0 Å². The van der Waals surface area contributed by atoms with Gasteiger partial charge in [0.05, 0.1) is 5.56 Å². The highest BCUT2D eigenvalue weighted by atomic mass is 16.6. The van der Waals surface area contributed by atoms with E-state index < -0.39 is 5.60 Å². The molecule has 2 saturated carbocycles. The second-order valence-electron chi connectivity index (χ2n) is 7.67. The average Bonchev–Trinajstić information content (AvgIpc) is 2.36. The van der Waals surface area contributed by atoms with Crippen LogP contribution in [0.4, 0.5) is 11.6 Å². The van der Waals surface area contributed by atoms with Gasteiger partial charge in [0, 0.05) is 12.1 Å². The molecule has 0 saturated heterocycles. The molecule has 5 heteroatoms. The number of nitrogens with one attached hydrogen (secondary N) is 2. The summed E-state index contributed by atoms with van der Waals surface area (Å²) < 4.78 is 5.50. The van der Waals surface area contributed by atoms with Crippen molar-refractivity contribution in [2.24, 2.45) is 0 Å². The number of carbonyl (C=O) groups is 1. The minimum Gasteiger partial charge on any atom is -0.456 e. The molecule has 1 aromatic heterocycles. The highest BCUT2D eigenvalue weighted by Crippen LogP contribution is 2.27. The first-order valence-electron chi connectivity index (χ1n) is 8.67. The number of hydrogen-bond acceptors (Lipinski definition) is 5. The van der Waals surface area contributed by atoms with Gasteiger partial charge in [-0.25, -0.2) is 9.78 Å². The first kappa shape index (κ1) is 16.1. The molecule has 23 heavy (non-hydrogen) atoms. The van der Waals surface area contributed by atoms with E-state index in [1.807, 2.05) is 20.8 Å². The monoisotopic (exact) mass is 317 g/mol. The maximum Gasteiger partial charge on any atom is 0.338 e. The number of carbonyl (C=O) groups excluding carboxylic acids is 1. The lowest BCUT2D eigenvalue weighted by molar-refractivity contribution is 0.00695. The van der Waals surface area contributed by atoms with Gasteiger partial charge in [0.2, 0.25) is 0 Å². The van der Waals surface area contributed by atoms with E-state index in [9.17, 15) is 4.79 Å². The summed E-state index contributed by atoms with van der Waals surface area (Å²) in [6, 6.07) is 4.57. The molecule has 2 N–H and O–H groups in total. The molecule has 2 aliphatic carbocycles. The van der Waals surface area contributed by atoms with Crippen molar-refractivity contribution in [3.05, 3.63) is 17.7 Å². The summed E-state index contributed by atoms with van der Waals surface area (Å²) in [4.78, 5) is 17.0. The van der Waals surface area contributed by atoms with E-state index in [4.69, 9.17) is 4.74 Å². The topological polar surface area (TPSA) is 63.2 Å². The highest BCUT2D eigenvalue weighted by Gasteiger charge is 2.23. The van der Waals surface area contributed by atoms with Crippen molar-refractivity contribution < 1.29 is 9.53 Å². The molecule has 0 radical (unpaired) electrons. The summed E-state index contributed by atoms with van der Waals surface area (Å²) in [5, 5.41) is 6.85. The Bertz CT molecular complexity index is 538. The number of ether oxygens (including phenoxy) is 1. The van der Waals surface area contributed by atoms with E-state index in [1.165, 1.54) is 38.5 Å². The quantitative estimate of drug-likeness (QED) is 0.805. The zero-order valence-corrected chi connectivity index (χ0v) is 14.3. The lowest BCUT2D eigenvalue weighted by Gasteiger charge is -2.29. The molecule has 2 aliphatic rings. The Labute approximate surface area is 138 Å². The van der Waals surface area contributed by atoms with Crippen molar-refractivity contribution >= 4 is 17.6 Å². The van der Waals surface area contributed by atoms with Gasteiger partial charge in [-0.2, -0.15) is 0 Å². The Kier molecular flexibility index (Phi) is 4.46. The van der Waals surface area contributed by atoms with E-state index in [0.717, 1.165) is 11.6 Å². The standard InChI is InChI=1S/C18H27N3O2/c1-18(2,3)23-17(22)12-10-15(19-13-6-4-7-13)21-16(11-12)20-14-8-5-9-14/h10-11,13-14H,4-9H2,1-3H3,(H2,19,20,21). The molecular weight excluding hydrogens is 290 g/mol. The molecule has 3 rings (SSSR count). The minimum absolute atomic E-state index is 0.298. The summed E-state index contributed by atoms with van der Waals surface area (Å²) >= 11 is 0. The first-order valence-corrected chi connectivity index (χ1v) is 8.67. The molecule has 0 aliphatic heterocycles. The Balaban J connectivity index is 1.78. The van der Waals surface area contributed by atoms with E-state index in [0.29, 0.717) is 17.6 Å². The third-order valence-electron chi connectivity index (χ3n) is 4.37. The van der Waals surface area contributed by atoms with E-state index in [-0.39, 0.29) is 5.97 Å². The van der Waals surface area contributed by atoms with Crippen molar-refractivity contribution in [2.75, 3.05) is 10.6 Å². The highest BCUT2D eigenvalue weighted by molar-refractivity contribution is 5.91. The molecule has 0 aromatic carbocycles. The van der Waals surface area contributed by atoms with Gasteiger partial charge in [0.15, 0.2) is 0 Å². The molecule has 2 fully saturated rings. The largest absolute Gasteiger partial charge is 0.456 e. The predicted molar refractivity (Wildman–Crippen MR) is 91.9 cm³/mol. The predicted octanol–water partition coefficient (Wildman–Crippen LogP) is 3.97. The van der Waals surface area contributed by atoms with Crippen molar-refractivity contribution in [3.63, 3.8) is 0 Å². The Morgan fingerprint density at radius 2 is 1.52 bits per heavy atom. The smallest absolute Gasteiger partial charge is 0.338 e. The lowest BCUT2D eigenvalue weighted by atomic mass is 9.93.